The van der Waals surface area contributed by atoms with Crippen LogP contribution in [-0.2, 0) is 0 Å². The summed E-state index contributed by atoms with van der Waals surface area (Å²) in [6, 6.07) is 9.77. The Balaban J connectivity index is 2.01. The van der Waals surface area contributed by atoms with E-state index in [-0.39, 0.29) is 22.7 Å². The molecule has 0 aliphatic rings. The summed E-state index contributed by atoms with van der Waals surface area (Å²) in [6.07, 6.45) is 2.61. The Morgan fingerprint density at radius 3 is 2.58 bits per heavy atom. The molecule has 2 aromatic carbocycles. The maximum absolute atomic E-state index is 11.8. The van der Waals surface area contributed by atoms with Crippen molar-refractivity contribution < 1.29 is 14.5 Å². The molecule has 3 aromatic rings. The fourth-order valence-corrected chi connectivity index (χ4v) is 3.06. The molecule has 10 nitrogen and oxygen atoms in total. The fraction of sp³-hybridized carbons (Fsp3) is 0.143. The molecule has 0 aliphatic carbocycles. The summed E-state index contributed by atoms with van der Waals surface area (Å²) in [5, 5.41) is 25.0. The van der Waals surface area contributed by atoms with Gasteiger partial charge in [-0.05, 0) is 25.1 Å². The van der Waals surface area contributed by atoms with Crippen LogP contribution in [0.2, 0.25) is 0 Å². The first-order chi connectivity index (χ1) is 14.9. The van der Waals surface area contributed by atoms with Gasteiger partial charge in [0.2, 0.25) is 0 Å². The molecule has 0 fully saturated rings. The van der Waals surface area contributed by atoms with Crippen LogP contribution in [0.1, 0.15) is 22.8 Å². The average Bonchev–Trinajstić information content (AvgIpc) is 2.78. The average molecular weight is 420 g/mol. The summed E-state index contributed by atoms with van der Waals surface area (Å²) in [5.41, 5.74) is 2.79. The predicted molar refractivity (Wildman–Crippen MR) is 118 cm³/mol. The molecule has 0 saturated heterocycles. The van der Waals surface area contributed by atoms with Crippen LogP contribution in [0.5, 0.6) is 5.75 Å². The Kier molecular flexibility index (Phi) is 6.20. The molecule has 3 rings (SSSR count). The molecular weight excluding hydrogens is 400 g/mol. The summed E-state index contributed by atoms with van der Waals surface area (Å²) in [7, 11) is 3.18. The number of aromatic nitrogens is 2. The van der Waals surface area contributed by atoms with Crippen molar-refractivity contribution in [2.75, 3.05) is 24.8 Å². The molecule has 0 bridgehead atoms. The van der Waals surface area contributed by atoms with Gasteiger partial charge in [0.05, 0.1) is 29.0 Å². The summed E-state index contributed by atoms with van der Waals surface area (Å²) in [6.45, 7) is 1.26. The Morgan fingerprint density at radius 1 is 1.19 bits per heavy atom. The van der Waals surface area contributed by atoms with Crippen molar-refractivity contribution in [3.63, 3.8) is 0 Å². The zero-order valence-corrected chi connectivity index (χ0v) is 17.1. The fourth-order valence-electron chi connectivity index (χ4n) is 3.06. The van der Waals surface area contributed by atoms with E-state index in [2.05, 4.69) is 20.6 Å². The van der Waals surface area contributed by atoms with Crippen LogP contribution >= 0.6 is 0 Å². The molecule has 0 saturated carbocycles. The number of nitro groups is 1. The highest BCUT2D eigenvalue weighted by molar-refractivity contribution is 5.99. The van der Waals surface area contributed by atoms with Crippen molar-refractivity contribution in [1.29, 1.82) is 5.41 Å². The number of carbonyl (C=O) groups is 1. The summed E-state index contributed by atoms with van der Waals surface area (Å²) < 4.78 is 5.30. The van der Waals surface area contributed by atoms with Gasteiger partial charge in [0, 0.05) is 42.2 Å². The van der Waals surface area contributed by atoms with E-state index in [0.29, 0.717) is 17.1 Å². The van der Waals surface area contributed by atoms with Gasteiger partial charge in [-0.1, -0.05) is 6.07 Å². The van der Waals surface area contributed by atoms with Gasteiger partial charge in [-0.25, -0.2) is 9.97 Å². The molecule has 0 unspecified atom stereocenters. The van der Waals surface area contributed by atoms with Crippen molar-refractivity contribution in [1.82, 2.24) is 9.97 Å². The predicted octanol–water partition coefficient (Wildman–Crippen LogP) is 4.05. The van der Waals surface area contributed by atoms with E-state index in [1.165, 1.54) is 38.7 Å². The van der Waals surface area contributed by atoms with Gasteiger partial charge >= 0.3 is 0 Å². The molecule has 10 heteroatoms. The number of benzene rings is 2. The minimum Gasteiger partial charge on any atom is -0.495 e. The number of anilines is 3. The Labute approximate surface area is 178 Å². The lowest BCUT2D eigenvalue weighted by Gasteiger charge is -2.13. The quantitative estimate of drug-likeness (QED) is 0.214. The van der Waals surface area contributed by atoms with Crippen molar-refractivity contribution in [3.05, 3.63) is 64.0 Å². The topological polar surface area (TPSA) is 143 Å². The molecule has 0 amide bonds. The van der Waals surface area contributed by atoms with Crippen LogP contribution in [0.25, 0.3) is 11.3 Å². The van der Waals surface area contributed by atoms with E-state index >= 15 is 0 Å². The van der Waals surface area contributed by atoms with Crippen LogP contribution in [0.3, 0.4) is 0 Å². The van der Waals surface area contributed by atoms with E-state index in [1.54, 1.807) is 13.1 Å². The third kappa shape index (κ3) is 4.47. The van der Waals surface area contributed by atoms with Gasteiger partial charge in [0.15, 0.2) is 5.78 Å². The maximum atomic E-state index is 11.8. The molecule has 158 valence electrons. The van der Waals surface area contributed by atoms with E-state index in [4.69, 9.17) is 10.1 Å². The molecule has 0 spiro atoms. The van der Waals surface area contributed by atoms with E-state index < -0.39 is 10.7 Å². The lowest BCUT2D eigenvalue weighted by Crippen LogP contribution is -2.04. The molecular formula is C21H20N6O4. The molecule has 1 heterocycles. The Hall–Kier alpha value is -4.34. The molecule has 3 N–H and O–H groups in total. The largest absolute Gasteiger partial charge is 0.495 e. The number of Topliss-reactive ketones (excluding diaryl/α,β-unsaturated/α-hetero) is 1. The third-order valence-electron chi connectivity index (χ3n) is 4.60. The lowest BCUT2D eigenvalue weighted by molar-refractivity contribution is -0.385. The minimum atomic E-state index is -0.616. The number of methoxy groups -OCH3 is 1. The number of ether oxygens (including phenoxy) is 1. The number of hydrogen-bond acceptors (Lipinski definition) is 9. The minimum absolute atomic E-state index is 0.0421. The number of ketones is 1. The second-order valence-electron chi connectivity index (χ2n) is 6.49. The van der Waals surface area contributed by atoms with Crippen LogP contribution < -0.4 is 15.4 Å². The Morgan fingerprint density at radius 2 is 1.97 bits per heavy atom. The summed E-state index contributed by atoms with van der Waals surface area (Å²) in [4.78, 5) is 31.0. The first-order valence-electron chi connectivity index (χ1n) is 9.17. The maximum Gasteiger partial charge on any atom is 0.282 e. The number of hydrogen-bond donors (Lipinski definition) is 3. The van der Waals surface area contributed by atoms with Crippen molar-refractivity contribution in [3.8, 4) is 17.0 Å². The van der Waals surface area contributed by atoms with Gasteiger partial charge in [-0.3, -0.25) is 14.9 Å². The van der Waals surface area contributed by atoms with Crippen molar-refractivity contribution in [2.45, 2.75) is 6.92 Å². The number of nitro benzene ring substituents is 1. The zero-order chi connectivity index (χ0) is 22.5. The van der Waals surface area contributed by atoms with Gasteiger partial charge in [0.25, 0.3) is 5.69 Å². The first-order valence-corrected chi connectivity index (χ1v) is 9.17. The third-order valence-corrected chi connectivity index (χ3v) is 4.60. The number of rotatable bonds is 8. The summed E-state index contributed by atoms with van der Waals surface area (Å²) in [5.74, 6) is 0.204. The smallest absolute Gasteiger partial charge is 0.282 e. The second kappa shape index (κ2) is 8.99. The van der Waals surface area contributed by atoms with Crippen molar-refractivity contribution >= 4 is 34.9 Å². The molecule has 0 atom stereocenters. The highest BCUT2D eigenvalue weighted by Crippen LogP contribution is 2.35. The number of nitrogens with one attached hydrogen (secondary N) is 3. The van der Waals surface area contributed by atoms with E-state index in [0.717, 1.165) is 11.3 Å². The lowest BCUT2D eigenvalue weighted by atomic mass is 10.1. The normalized spacial score (nSPS) is 10.3. The van der Waals surface area contributed by atoms with E-state index in [1.807, 2.05) is 18.2 Å². The molecule has 31 heavy (non-hydrogen) atoms. The SMILES string of the molecule is CNc1ccc(-c2cc(Nc3cc([N+](=O)[O-])c(C(C)=O)cc3OC)ncn2)cc1C=N. The highest BCUT2D eigenvalue weighted by atomic mass is 16.6. The standard InChI is InChI=1S/C21H20N6O4/c1-12(28)15-7-20(31-3)18(8-19(15)27(29)30)26-21-9-17(24-11-25-21)13-4-5-16(23-2)14(6-13)10-22/h4-11,22-23H,1-3H3,(H,24,25,26). The van der Waals surface area contributed by atoms with Gasteiger partial charge in [-0.2, -0.15) is 0 Å². The monoisotopic (exact) mass is 420 g/mol. The number of nitrogens with zero attached hydrogens (tertiary/aromatic N) is 3. The zero-order valence-electron chi connectivity index (χ0n) is 17.1. The van der Waals surface area contributed by atoms with Crippen LogP contribution in [0.15, 0.2) is 42.7 Å². The van der Waals surface area contributed by atoms with Gasteiger partial charge < -0.3 is 20.8 Å². The molecule has 1 aromatic heterocycles. The Bertz CT molecular complexity index is 1180. The highest BCUT2D eigenvalue weighted by Gasteiger charge is 2.22. The molecule has 0 radical (unpaired) electrons. The van der Waals surface area contributed by atoms with Crippen LogP contribution in [0, 0.1) is 15.5 Å². The van der Waals surface area contributed by atoms with Gasteiger partial charge in [-0.15, -0.1) is 0 Å². The second-order valence-corrected chi connectivity index (χ2v) is 6.49. The van der Waals surface area contributed by atoms with Crippen LogP contribution in [0.4, 0.5) is 22.9 Å². The molecule has 0 aliphatic heterocycles. The van der Waals surface area contributed by atoms with Crippen LogP contribution in [-0.4, -0.2) is 41.0 Å². The van der Waals surface area contributed by atoms with E-state index in [9.17, 15) is 14.9 Å². The summed E-state index contributed by atoms with van der Waals surface area (Å²) >= 11 is 0. The van der Waals surface area contributed by atoms with Crippen molar-refractivity contribution in [2.24, 2.45) is 0 Å². The first kappa shape index (κ1) is 21.4. The van der Waals surface area contributed by atoms with Gasteiger partial charge in [0.1, 0.15) is 17.9 Å². The number of carbonyl (C=O) groups excluding carboxylic acids is 1.